The normalized spacial score (nSPS) is 19.3. The molecule has 37 heavy (non-hydrogen) atoms. The van der Waals surface area contributed by atoms with E-state index >= 15 is 0 Å². The number of ether oxygens (including phenoxy) is 1. The van der Waals surface area contributed by atoms with Crippen molar-refractivity contribution in [2.75, 3.05) is 36.5 Å². The van der Waals surface area contributed by atoms with E-state index in [0.717, 1.165) is 56.3 Å². The lowest BCUT2D eigenvalue weighted by Crippen LogP contribution is -2.45. The number of anilines is 2. The fourth-order valence-corrected chi connectivity index (χ4v) is 5.93. The van der Waals surface area contributed by atoms with Gasteiger partial charge in [-0.1, -0.05) is 30.3 Å². The molecule has 2 N–H and O–H groups in total. The molecule has 0 unspecified atom stereocenters. The van der Waals surface area contributed by atoms with Gasteiger partial charge in [-0.2, -0.15) is 4.98 Å². The monoisotopic (exact) mass is 535 g/mol. The predicted octanol–water partition coefficient (Wildman–Crippen LogP) is 4.83. The summed E-state index contributed by atoms with van der Waals surface area (Å²) >= 11 is 7.14. The maximum atomic E-state index is 5.72. The summed E-state index contributed by atoms with van der Waals surface area (Å²) in [7, 11) is 0. The SMILES string of the molecule is C[C@H]1CCCCN1c1cc(Sc2ncccn2)nc(NC(=S)NCC2(c3ccccc3)CCOCC2)n1. The van der Waals surface area contributed by atoms with Crippen LogP contribution in [0, 0.1) is 0 Å². The first kappa shape index (κ1) is 25.8. The van der Waals surface area contributed by atoms with Gasteiger partial charge < -0.3 is 20.3 Å². The van der Waals surface area contributed by atoms with Gasteiger partial charge in [0.2, 0.25) is 5.95 Å². The molecule has 1 aromatic carbocycles. The third kappa shape index (κ3) is 6.55. The van der Waals surface area contributed by atoms with Gasteiger partial charge in [0.1, 0.15) is 10.8 Å². The molecule has 2 aliphatic rings. The molecule has 2 aromatic heterocycles. The maximum absolute atomic E-state index is 5.72. The van der Waals surface area contributed by atoms with Crippen LogP contribution in [0.1, 0.15) is 44.6 Å². The number of benzene rings is 1. The summed E-state index contributed by atoms with van der Waals surface area (Å²) in [5.74, 6) is 1.38. The van der Waals surface area contributed by atoms with Crippen LogP contribution >= 0.6 is 24.0 Å². The van der Waals surface area contributed by atoms with Crippen LogP contribution in [-0.2, 0) is 10.2 Å². The molecule has 8 nitrogen and oxygen atoms in total. The summed E-state index contributed by atoms with van der Waals surface area (Å²) in [6, 6.07) is 14.9. The molecule has 194 valence electrons. The highest BCUT2D eigenvalue weighted by molar-refractivity contribution is 7.99. The predicted molar refractivity (Wildman–Crippen MR) is 151 cm³/mol. The highest BCUT2D eigenvalue weighted by atomic mass is 32.2. The number of rotatable bonds is 7. The first-order chi connectivity index (χ1) is 18.1. The van der Waals surface area contributed by atoms with Crippen molar-refractivity contribution in [3.8, 4) is 0 Å². The number of hydrogen-bond donors (Lipinski definition) is 2. The second kappa shape index (κ2) is 12.1. The lowest BCUT2D eigenvalue weighted by atomic mass is 9.74. The lowest BCUT2D eigenvalue weighted by Gasteiger charge is -2.38. The van der Waals surface area contributed by atoms with E-state index in [-0.39, 0.29) is 5.41 Å². The van der Waals surface area contributed by atoms with E-state index in [9.17, 15) is 0 Å². The van der Waals surface area contributed by atoms with Gasteiger partial charge in [0, 0.05) is 56.2 Å². The highest BCUT2D eigenvalue weighted by Crippen LogP contribution is 2.34. The van der Waals surface area contributed by atoms with E-state index in [4.69, 9.17) is 26.9 Å². The van der Waals surface area contributed by atoms with Crippen LogP contribution in [0.25, 0.3) is 0 Å². The molecule has 2 aliphatic heterocycles. The Bertz CT molecular complexity index is 1180. The molecule has 0 aliphatic carbocycles. The Balaban J connectivity index is 1.33. The Hall–Kier alpha value is -2.82. The molecule has 0 amide bonds. The van der Waals surface area contributed by atoms with Crippen molar-refractivity contribution >= 4 is 40.9 Å². The Morgan fingerprint density at radius 2 is 1.89 bits per heavy atom. The minimum absolute atomic E-state index is 0.0250. The standard InChI is InChI=1S/C27H33N7OS2/c1-20-8-5-6-15-34(20)22-18-23(37-26-28-13-7-14-29-26)32-24(31-22)33-25(36)30-19-27(11-16-35-17-12-27)21-9-3-2-4-10-21/h2-4,7,9-10,13-14,18,20H,5-6,8,11-12,15-17,19H2,1H3,(H2,30,31,32,33,36)/t20-/m0/s1. The molecule has 0 saturated carbocycles. The Morgan fingerprint density at radius 3 is 2.65 bits per heavy atom. The fourth-order valence-electron chi connectivity index (χ4n) is 5.05. The van der Waals surface area contributed by atoms with Crippen LogP contribution in [0.4, 0.5) is 11.8 Å². The lowest BCUT2D eigenvalue weighted by molar-refractivity contribution is 0.0515. The van der Waals surface area contributed by atoms with E-state index in [1.807, 2.05) is 12.1 Å². The van der Waals surface area contributed by atoms with Gasteiger partial charge in [-0.25, -0.2) is 15.0 Å². The Kier molecular flexibility index (Phi) is 8.48. The van der Waals surface area contributed by atoms with Crippen LogP contribution < -0.4 is 15.5 Å². The van der Waals surface area contributed by atoms with Gasteiger partial charge in [0.15, 0.2) is 10.3 Å². The van der Waals surface area contributed by atoms with Gasteiger partial charge >= 0.3 is 0 Å². The number of aromatic nitrogens is 4. The minimum atomic E-state index is -0.0250. The maximum Gasteiger partial charge on any atom is 0.232 e. The van der Waals surface area contributed by atoms with Crippen molar-refractivity contribution in [2.24, 2.45) is 0 Å². The smallest absolute Gasteiger partial charge is 0.232 e. The third-order valence-corrected chi connectivity index (χ3v) is 8.23. The zero-order valence-corrected chi connectivity index (χ0v) is 22.7. The average Bonchev–Trinajstić information content (AvgIpc) is 2.94. The molecule has 10 heteroatoms. The molecule has 4 heterocycles. The largest absolute Gasteiger partial charge is 0.381 e. The van der Waals surface area contributed by atoms with Gasteiger partial charge in [-0.05, 0) is 74.6 Å². The van der Waals surface area contributed by atoms with Crippen molar-refractivity contribution < 1.29 is 4.74 Å². The summed E-state index contributed by atoms with van der Waals surface area (Å²) < 4.78 is 5.68. The molecule has 2 fully saturated rings. The number of thiocarbonyl (C=S) groups is 1. The van der Waals surface area contributed by atoms with Gasteiger partial charge in [0.05, 0.1) is 0 Å². The van der Waals surface area contributed by atoms with Crippen LogP contribution in [0.15, 0.2) is 65.0 Å². The van der Waals surface area contributed by atoms with Crippen molar-refractivity contribution in [3.63, 3.8) is 0 Å². The van der Waals surface area contributed by atoms with Crippen LogP contribution in [0.3, 0.4) is 0 Å². The summed E-state index contributed by atoms with van der Waals surface area (Å²) in [5, 5.41) is 8.66. The van der Waals surface area contributed by atoms with E-state index in [0.29, 0.717) is 28.8 Å². The van der Waals surface area contributed by atoms with Gasteiger partial charge in [-0.3, -0.25) is 0 Å². The third-order valence-electron chi connectivity index (χ3n) is 7.17. The fraction of sp³-hybridized carbons (Fsp3) is 0.444. The molecule has 3 aromatic rings. The first-order valence-electron chi connectivity index (χ1n) is 12.9. The van der Waals surface area contributed by atoms with Gasteiger partial charge in [0.25, 0.3) is 0 Å². The first-order valence-corrected chi connectivity index (χ1v) is 14.1. The summed E-state index contributed by atoms with van der Waals surface area (Å²) in [4.78, 5) is 20.7. The van der Waals surface area contributed by atoms with Crippen LogP contribution in [0.5, 0.6) is 0 Å². The number of hydrogen-bond acceptors (Lipinski definition) is 8. The zero-order chi connectivity index (χ0) is 25.5. The van der Waals surface area contributed by atoms with Crippen LogP contribution in [-0.4, -0.2) is 57.4 Å². The Labute approximate surface area is 228 Å². The molecular formula is C27H33N7OS2. The molecular weight excluding hydrogens is 502 g/mol. The second-order valence-corrected chi connectivity index (χ2v) is 11.0. The molecule has 2 saturated heterocycles. The number of piperidine rings is 1. The van der Waals surface area contributed by atoms with E-state index in [1.165, 1.54) is 23.7 Å². The van der Waals surface area contributed by atoms with Gasteiger partial charge in [-0.15, -0.1) is 0 Å². The van der Waals surface area contributed by atoms with E-state index < -0.39 is 0 Å². The highest BCUT2D eigenvalue weighted by Gasteiger charge is 2.34. The van der Waals surface area contributed by atoms with E-state index in [1.54, 1.807) is 12.4 Å². The van der Waals surface area contributed by atoms with Crippen LogP contribution in [0.2, 0.25) is 0 Å². The molecule has 0 bridgehead atoms. The topological polar surface area (TPSA) is 88.1 Å². The van der Waals surface area contributed by atoms with Crippen molar-refractivity contribution in [1.29, 1.82) is 0 Å². The molecule has 0 radical (unpaired) electrons. The summed E-state index contributed by atoms with van der Waals surface area (Å²) in [6.07, 6.45) is 8.93. The molecule has 0 spiro atoms. The van der Waals surface area contributed by atoms with Crippen molar-refractivity contribution in [2.45, 2.75) is 60.7 Å². The molecule has 5 rings (SSSR count). The van der Waals surface area contributed by atoms with E-state index in [2.05, 4.69) is 62.8 Å². The summed E-state index contributed by atoms with van der Waals surface area (Å²) in [5.41, 5.74) is 1.29. The number of nitrogens with one attached hydrogen (secondary N) is 2. The zero-order valence-electron chi connectivity index (χ0n) is 21.1. The molecule has 1 atom stereocenters. The minimum Gasteiger partial charge on any atom is -0.381 e. The number of nitrogens with zero attached hydrogens (tertiary/aromatic N) is 5. The average molecular weight is 536 g/mol. The summed E-state index contributed by atoms with van der Waals surface area (Å²) in [6.45, 7) is 5.45. The van der Waals surface area contributed by atoms with Crippen molar-refractivity contribution in [3.05, 3.63) is 60.4 Å². The second-order valence-electron chi connectivity index (χ2n) is 9.63. The Morgan fingerprint density at radius 1 is 1.11 bits per heavy atom. The van der Waals surface area contributed by atoms with Crippen molar-refractivity contribution in [1.82, 2.24) is 25.3 Å². The quantitative estimate of drug-likeness (QED) is 0.249.